The van der Waals surface area contributed by atoms with Gasteiger partial charge in [0.2, 0.25) is 0 Å². The highest BCUT2D eigenvalue weighted by molar-refractivity contribution is 9.10. The molecule has 0 unspecified atom stereocenters. The van der Waals surface area contributed by atoms with Gasteiger partial charge in [0.05, 0.1) is 19.3 Å². The lowest BCUT2D eigenvalue weighted by atomic mass is 10.3. The van der Waals surface area contributed by atoms with E-state index in [0.29, 0.717) is 24.6 Å². The van der Waals surface area contributed by atoms with Gasteiger partial charge in [-0.15, -0.1) is 0 Å². The van der Waals surface area contributed by atoms with Crippen molar-refractivity contribution in [2.24, 2.45) is 0 Å². The molecule has 0 bridgehead atoms. The fraction of sp³-hybridized carbons (Fsp3) is 0.188. The Bertz CT molecular complexity index is 634. The zero-order chi connectivity index (χ0) is 15.8. The molecule has 2 N–H and O–H groups in total. The number of hydrogen-bond donors (Lipinski definition) is 2. The third-order valence-corrected chi connectivity index (χ3v) is 3.51. The molecule has 0 spiro atoms. The van der Waals surface area contributed by atoms with Crippen molar-refractivity contribution >= 4 is 27.6 Å². The van der Waals surface area contributed by atoms with Crippen LogP contribution in [-0.2, 0) is 0 Å². The highest BCUT2D eigenvalue weighted by Gasteiger charge is 2.04. The van der Waals surface area contributed by atoms with Crippen molar-refractivity contribution < 1.29 is 14.3 Å². The van der Waals surface area contributed by atoms with Crippen molar-refractivity contribution in [3.63, 3.8) is 0 Å². The van der Waals surface area contributed by atoms with E-state index in [9.17, 15) is 4.79 Å². The fourth-order valence-electron chi connectivity index (χ4n) is 1.75. The molecule has 6 heteroatoms. The number of anilines is 1. The van der Waals surface area contributed by atoms with Gasteiger partial charge in [0, 0.05) is 10.5 Å². The van der Waals surface area contributed by atoms with Crippen molar-refractivity contribution in [1.82, 2.24) is 5.32 Å². The molecular formula is C16H17BrN2O3. The second kappa shape index (κ2) is 8.29. The molecule has 0 radical (unpaired) electrons. The first-order valence-electron chi connectivity index (χ1n) is 6.75. The number of benzene rings is 2. The second-order valence-electron chi connectivity index (χ2n) is 4.39. The van der Waals surface area contributed by atoms with Gasteiger partial charge < -0.3 is 20.1 Å². The van der Waals surface area contributed by atoms with Gasteiger partial charge in [-0.2, -0.15) is 0 Å². The van der Waals surface area contributed by atoms with Crippen LogP contribution in [0.2, 0.25) is 0 Å². The maximum atomic E-state index is 11.8. The van der Waals surface area contributed by atoms with Crippen molar-refractivity contribution in [1.29, 1.82) is 0 Å². The highest BCUT2D eigenvalue weighted by Crippen LogP contribution is 2.21. The lowest BCUT2D eigenvalue weighted by Gasteiger charge is -2.10. The maximum Gasteiger partial charge on any atom is 0.319 e. The molecule has 0 aliphatic carbocycles. The molecule has 0 saturated heterocycles. The van der Waals surface area contributed by atoms with Crippen LogP contribution in [0.5, 0.6) is 11.5 Å². The van der Waals surface area contributed by atoms with Gasteiger partial charge in [0.15, 0.2) is 0 Å². The zero-order valence-corrected chi connectivity index (χ0v) is 13.7. The molecule has 22 heavy (non-hydrogen) atoms. The third-order valence-electron chi connectivity index (χ3n) is 2.82. The van der Waals surface area contributed by atoms with Gasteiger partial charge in [-0.1, -0.05) is 18.2 Å². The lowest BCUT2D eigenvalue weighted by Crippen LogP contribution is -2.32. The second-order valence-corrected chi connectivity index (χ2v) is 5.24. The Morgan fingerprint density at radius 1 is 1.14 bits per heavy atom. The SMILES string of the molecule is COc1cccc(OCCNC(=O)Nc2ccccc2Br)c1. The van der Waals surface area contributed by atoms with Gasteiger partial charge >= 0.3 is 6.03 Å². The zero-order valence-electron chi connectivity index (χ0n) is 12.1. The Labute approximate surface area is 137 Å². The van der Waals surface area contributed by atoms with Gasteiger partial charge in [0.1, 0.15) is 18.1 Å². The van der Waals surface area contributed by atoms with Crippen LogP contribution in [0.1, 0.15) is 0 Å². The smallest absolute Gasteiger partial charge is 0.319 e. The maximum absolute atomic E-state index is 11.8. The number of nitrogens with one attached hydrogen (secondary N) is 2. The molecule has 0 aliphatic rings. The van der Waals surface area contributed by atoms with E-state index in [4.69, 9.17) is 9.47 Å². The van der Waals surface area contributed by atoms with E-state index in [0.717, 1.165) is 10.2 Å². The number of hydrogen-bond acceptors (Lipinski definition) is 3. The van der Waals surface area contributed by atoms with E-state index >= 15 is 0 Å². The number of urea groups is 1. The first-order valence-corrected chi connectivity index (χ1v) is 7.54. The molecule has 0 aliphatic heterocycles. The molecule has 0 heterocycles. The van der Waals surface area contributed by atoms with Crippen molar-refractivity contribution in [2.45, 2.75) is 0 Å². The molecule has 2 rings (SSSR count). The molecule has 0 aromatic heterocycles. The largest absolute Gasteiger partial charge is 0.497 e. The van der Waals surface area contributed by atoms with E-state index in [1.54, 1.807) is 13.2 Å². The number of carbonyl (C=O) groups is 1. The number of carbonyl (C=O) groups excluding carboxylic acids is 1. The summed E-state index contributed by atoms with van der Waals surface area (Å²) >= 11 is 3.37. The van der Waals surface area contributed by atoms with Crippen LogP contribution in [0, 0.1) is 0 Å². The van der Waals surface area contributed by atoms with Crippen LogP contribution < -0.4 is 20.1 Å². The average molecular weight is 365 g/mol. The van der Waals surface area contributed by atoms with Gasteiger partial charge in [0.25, 0.3) is 0 Å². The van der Waals surface area contributed by atoms with Crippen LogP contribution >= 0.6 is 15.9 Å². The van der Waals surface area contributed by atoms with E-state index in [1.807, 2.05) is 42.5 Å². The molecule has 2 amide bonds. The summed E-state index contributed by atoms with van der Waals surface area (Å²) in [4.78, 5) is 11.8. The Morgan fingerprint density at radius 2 is 1.91 bits per heavy atom. The van der Waals surface area contributed by atoms with E-state index in [-0.39, 0.29) is 6.03 Å². The number of halogens is 1. The fourth-order valence-corrected chi connectivity index (χ4v) is 2.14. The summed E-state index contributed by atoms with van der Waals surface area (Å²) in [5.41, 5.74) is 0.716. The number of para-hydroxylation sites is 1. The Morgan fingerprint density at radius 3 is 2.68 bits per heavy atom. The van der Waals surface area contributed by atoms with Crippen LogP contribution in [-0.4, -0.2) is 26.3 Å². The summed E-state index contributed by atoms with van der Waals surface area (Å²) in [6, 6.07) is 14.5. The summed E-state index contributed by atoms with van der Waals surface area (Å²) in [6.45, 7) is 0.768. The predicted octanol–water partition coefficient (Wildman–Crippen LogP) is 3.66. The number of rotatable bonds is 6. The van der Waals surface area contributed by atoms with Crippen molar-refractivity contribution in [3.8, 4) is 11.5 Å². The third kappa shape index (κ3) is 4.96. The summed E-state index contributed by atoms with van der Waals surface area (Å²) in [5, 5.41) is 5.48. The standard InChI is InChI=1S/C16H17BrN2O3/c1-21-12-5-4-6-13(11-12)22-10-9-18-16(20)19-15-8-3-2-7-14(15)17/h2-8,11H,9-10H2,1H3,(H2,18,19,20). The first-order chi connectivity index (χ1) is 10.7. The normalized spacial score (nSPS) is 9.91. The van der Waals surface area contributed by atoms with Crippen LogP contribution in [0.15, 0.2) is 53.0 Å². The first kappa shape index (κ1) is 16.2. The molecular weight excluding hydrogens is 348 g/mol. The van der Waals surface area contributed by atoms with Crippen LogP contribution in [0.25, 0.3) is 0 Å². The van der Waals surface area contributed by atoms with Crippen molar-refractivity contribution in [3.05, 3.63) is 53.0 Å². The summed E-state index contributed by atoms with van der Waals surface area (Å²) in [6.07, 6.45) is 0. The quantitative estimate of drug-likeness (QED) is 0.769. The van der Waals surface area contributed by atoms with E-state index < -0.39 is 0 Å². The average Bonchev–Trinajstić information content (AvgIpc) is 2.54. The monoisotopic (exact) mass is 364 g/mol. The lowest BCUT2D eigenvalue weighted by molar-refractivity contribution is 0.247. The van der Waals surface area contributed by atoms with Crippen LogP contribution in [0.3, 0.4) is 0 Å². The Balaban J connectivity index is 1.72. The number of ether oxygens (including phenoxy) is 2. The molecule has 2 aromatic carbocycles. The molecule has 5 nitrogen and oxygen atoms in total. The summed E-state index contributed by atoms with van der Waals surface area (Å²) in [7, 11) is 1.60. The Kier molecular flexibility index (Phi) is 6.09. The molecule has 0 fully saturated rings. The topological polar surface area (TPSA) is 59.6 Å². The molecule has 0 saturated carbocycles. The predicted molar refractivity (Wildman–Crippen MR) is 89.7 cm³/mol. The highest BCUT2D eigenvalue weighted by atomic mass is 79.9. The molecule has 2 aromatic rings. The van der Waals surface area contributed by atoms with Gasteiger partial charge in [-0.3, -0.25) is 0 Å². The van der Waals surface area contributed by atoms with Gasteiger partial charge in [-0.25, -0.2) is 4.79 Å². The number of amides is 2. The Hall–Kier alpha value is -2.21. The summed E-state index contributed by atoms with van der Waals surface area (Å²) in [5.74, 6) is 1.43. The number of methoxy groups -OCH3 is 1. The van der Waals surface area contributed by atoms with Crippen LogP contribution in [0.4, 0.5) is 10.5 Å². The minimum absolute atomic E-state index is 0.277. The molecule has 116 valence electrons. The summed E-state index contributed by atoms with van der Waals surface area (Å²) < 4.78 is 11.5. The van der Waals surface area contributed by atoms with E-state index in [1.165, 1.54) is 0 Å². The van der Waals surface area contributed by atoms with Crippen molar-refractivity contribution in [2.75, 3.05) is 25.6 Å². The minimum Gasteiger partial charge on any atom is -0.497 e. The minimum atomic E-state index is -0.277. The van der Waals surface area contributed by atoms with Gasteiger partial charge in [-0.05, 0) is 40.2 Å². The molecule has 0 atom stereocenters. The van der Waals surface area contributed by atoms with E-state index in [2.05, 4.69) is 26.6 Å².